The number of fused-ring (bicyclic) bond motifs is 1. The third kappa shape index (κ3) is 2.64. The Morgan fingerprint density at radius 2 is 2.13 bits per heavy atom. The Morgan fingerprint density at radius 1 is 1.33 bits per heavy atom. The van der Waals surface area contributed by atoms with Crippen LogP contribution in [0, 0.1) is 0 Å². The first-order chi connectivity index (χ1) is 7.29. The maximum Gasteiger partial charge on any atom is 0.119 e. The van der Waals surface area contributed by atoms with Crippen molar-refractivity contribution in [1.29, 1.82) is 0 Å². The van der Waals surface area contributed by atoms with Crippen molar-refractivity contribution in [2.24, 2.45) is 0 Å². The maximum atomic E-state index is 9.26. The number of benzene rings is 1. The molecule has 0 bridgehead atoms. The molecule has 0 aromatic heterocycles. The standard InChI is InChI=1S/C12H15ClO2/c13-7-11(14)8-15-12-5-4-9-2-1-3-10(9)6-12/h4-6,11,14H,1-3,7-8H2. The van der Waals surface area contributed by atoms with E-state index in [2.05, 4.69) is 12.1 Å². The number of rotatable bonds is 4. The summed E-state index contributed by atoms with van der Waals surface area (Å²) in [5.74, 6) is 1.05. The molecular weight excluding hydrogens is 212 g/mol. The molecule has 0 aliphatic heterocycles. The van der Waals surface area contributed by atoms with Crippen LogP contribution in [0.25, 0.3) is 0 Å². The number of hydrogen-bond donors (Lipinski definition) is 1. The molecular formula is C12H15ClO2. The quantitative estimate of drug-likeness (QED) is 0.798. The van der Waals surface area contributed by atoms with Crippen molar-refractivity contribution in [1.82, 2.24) is 0 Å². The van der Waals surface area contributed by atoms with E-state index in [0.717, 1.165) is 12.2 Å². The number of alkyl halides is 1. The molecule has 1 aromatic carbocycles. The average molecular weight is 227 g/mol. The first kappa shape index (κ1) is 10.8. The Morgan fingerprint density at radius 3 is 2.93 bits per heavy atom. The molecule has 2 rings (SSSR count). The molecule has 3 heteroatoms. The van der Waals surface area contributed by atoms with E-state index in [9.17, 15) is 5.11 Å². The fraction of sp³-hybridized carbons (Fsp3) is 0.500. The Hall–Kier alpha value is -0.730. The molecule has 1 atom stereocenters. The third-order valence-electron chi connectivity index (χ3n) is 2.69. The Labute approximate surface area is 94.8 Å². The van der Waals surface area contributed by atoms with E-state index in [0.29, 0.717) is 0 Å². The molecule has 82 valence electrons. The minimum absolute atomic E-state index is 0.213. The van der Waals surface area contributed by atoms with E-state index in [-0.39, 0.29) is 12.5 Å². The minimum atomic E-state index is -0.583. The van der Waals surface area contributed by atoms with Gasteiger partial charge in [0.05, 0.1) is 5.88 Å². The van der Waals surface area contributed by atoms with Crippen LogP contribution in [0.2, 0.25) is 0 Å². The van der Waals surface area contributed by atoms with Gasteiger partial charge in [0.1, 0.15) is 18.5 Å². The van der Waals surface area contributed by atoms with Crippen LogP contribution >= 0.6 is 11.6 Å². The number of halogens is 1. The van der Waals surface area contributed by atoms with Gasteiger partial charge < -0.3 is 9.84 Å². The molecule has 1 unspecified atom stereocenters. The van der Waals surface area contributed by atoms with Crippen LogP contribution in [0.3, 0.4) is 0 Å². The zero-order valence-electron chi connectivity index (χ0n) is 8.58. The van der Waals surface area contributed by atoms with Gasteiger partial charge >= 0.3 is 0 Å². The van der Waals surface area contributed by atoms with Gasteiger partial charge in [0.15, 0.2) is 0 Å². The summed E-state index contributed by atoms with van der Waals surface area (Å²) in [5.41, 5.74) is 2.81. The van der Waals surface area contributed by atoms with Crippen LogP contribution in [-0.2, 0) is 12.8 Å². The van der Waals surface area contributed by atoms with E-state index in [4.69, 9.17) is 16.3 Å². The fourth-order valence-corrected chi connectivity index (χ4v) is 1.96. The van der Waals surface area contributed by atoms with Gasteiger partial charge in [-0.15, -0.1) is 11.6 Å². The lowest BCUT2D eigenvalue weighted by atomic mass is 10.1. The van der Waals surface area contributed by atoms with Crippen LogP contribution in [0.4, 0.5) is 0 Å². The molecule has 1 aromatic rings. The highest BCUT2D eigenvalue weighted by Gasteiger charge is 2.11. The summed E-state index contributed by atoms with van der Waals surface area (Å²) in [7, 11) is 0. The smallest absolute Gasteiger partial charge is 0.119 e. The second kappa shape index (κ2) is 4.86. The zero-order chi connectivity index (χ0) is 10.7. The lowest BCUT2D eigenvalue weighted by Crippen LogP contribution is -2.18. The van der Waals surface area contributed by atoms with Crippen LogP contribution in [0.5, 0.6) is 5.75 Å². The lowest BCUT2D eigenvalue weighted by molar-refractivity contribution is 0.125. The van der Waals surface area contributed by atoms with Gasteiger partial charge in [0.2, 0.25) is 0 Å². The topological polar surface area (TPSA) is 29.5 Å². The molecule has 0 amide bonds. The normalized spacial score (nSPS) is 16.1. The Kier molecular flexibility index (Phi) is 3.49. The molecule has 15 heavy (non-hydrogen) atoms. The van der Waals surface area contributed by atoms with Gasteiger partial charge in [-0.2, -0.15) is 0 Å². The summed E-state index contributed by atoms with van der Waals surface area (Å²) in [4.78, 5) is 0. The maximum absolute atomic E-state index is 9.26. The highest BCUT2D eigenvalue weighted by molar-refractivity contribution is 6.18. The van der Waals surface area contributed by atoms with Crippen LogP contribution in [0.1, 0.15) is 17.5 Å². The second-order valence-corrected chi connectivity index (χ2v) is 4.21. The van der Waals surface area contributed by atoms with Gasteiger partial charge in [0.25, 0.3) is 0 Å². The number of aliphatic hydroxyl groups excluding tert-OH is 1. The molecule has 0 saturated carbocycles. The number of hydrogen-bond acceptors (Lipinski definition) is 2. The molecule has 0 heterocycles. The first-order valence-corrected chi connectivity index (χ1v) is 5.81. The van der Waals surface area contributed by atoms with Crippen LogP contribution in [0.15, 0.2) is 18.2 Å². The van der Waals surface area contributed by atoms with Gasteiger partial charge in [-0.1, -0.05) is 6.07 Å². The van der Waals surface area contributed by atoms with Gasteiger partial charge in [-0.3, -0.25) is 0 Å². The van der Waals surface area contributed by atoms with Gasteiger partial charge in [-0.05, 0) is 42.5 Å². The number of aliphatic hydroxyl groups is 1. The minimum Gasteiger partial charge on any atom is -0.491 e. The molecule has 0 saturated heterocycles. The van der Waals surface area contributed by atoms with Crippen LogP contribution < -0.4 is 4.74 Å². The van der Waals surface area contributed by atoms with Gasteiger partial charge in [-0.25, -0.2) is 0 Å². The fourth-order valence-electron chi connectivity index (χ4n) is 1.87. The van der Waals surface area contributed by atoms with Gasteiger partial charge in [0, 0.05) is 0 Å². The third-order valence-corrected chi connectivity index (χ3v) is 3.05. The molecule has 0 spiro atoms. The van der Waals surface area contributed by atoms with E-state index in [1.165, 1.54) is 24.0 Å². The molecule has 0 fully saturated rings. The van der Waals surface area contributed by atoms with Crippen molar-refractivity contribution in [2.75, 3.05) is 12.5 Å². The Balaban J connectivity index is 1.98. The van der Waals surface area contributed by atoms with E-state index >= 15 is 0 Å². The molecule has 0 radical (unpaired) electrons. The summed E-state index contributed by atoms with van der Waals surface area (Å²) in [6.45, 7) is 0.266. The summed E-state index contributed by atoms with van der Waals surface area (Å²) < 4.78 is 5.45. The summed E-state index contributed by atoms with van der Waals surface area (Å²) >= 11 is 5.48. The predicted octanol–water partition coefficient (Wildman–Crippen LogP) is 2.15. The van der Waals surface area contributed by atoms with Crippen molar-refractivity contribution in [3.8, 4) is 5.75 Å². The summed E-state index contributed by atoms with van der Waals surface area (Å²) in [5, 5.41) is 9.26. The number of aryl methyl sites for hydroxylation is 2. The monoisotopic (exact) mass is 226 g/mol. The Bertz CT molecular complexity index is 338. The van der Waals surface area contributed by atoms with Crippen molar-refractivity contribution in [2.45, 2.75) is 25.4 Å². The SMILES string of the molecule is OC(CCl)COc1ccc2c(c1)CCC2. The predicted molar refractivity (Wildman–Crippen MR) is 60.7 cm³/mol. The summed E-state index contributed by atoms with van der Waals surface area (Å²) in [6, 6.07) is 6.15. The van der Waals surface area contributed by atoms with E-state index in [1.807, 2.05) is 6.07 Å². The molecule has 1 aliphatic rings. The van der Waals surface area contributed by atoms with Crippen LogP contribution in [-0.4, -0.2) is 23.7 Å². The largest absolute Gasteiger partial charge is 0.491 e. The lowest BCUT2D eigenvalue weighted by Gasteiger charge is -2.10. The molecule has 2 nitrogen and oxygen atoms in total. The summed E-state index contributed by atoms with van der Waals surface area (Å²) in [6.07, 6.45) is 2.98. The van der Waals surface area contributed by atoms with E-state index in [1.54, 1.807) is 0 Å². The van der Waals surface area contributed by atoms with E-state index < -0.39 is 6.10 Å². The molecule has 1 N–H and O–H groups in total. The van der Waals surface area contributed by atoms with Crippen molar-refractivity contribution >= 4 is 11.6 Å². The highest BCUT2D eigenvalue weighted by atomic mass is 35.5. The van der Waals surface area contributed by atoms with Crippen molar-refractivity contribution < 1.29 is 9.84 Å². The number of ether oxygens (including phenoxy) is 1. The zero-order valence-corrected chi connectivity index (χ0v) is 9.33. The van der Waals surface area contributed by atoms with Crippen molar-refractivity contribution in [3.05, 3.63) is 29.3 Å². The average Bonchev–Trinajstić information content (AvgIpc) is 2.72. The molecule has 1 aliphatic carbocycles. The highest BCUT2D eigenvalue weighted by Crippen LogP contribution is 2.25. The second-order valence-electron chi connectivity index (χ2n) is 3.90. The first-order valence-electron chi connectivity index (χ1n) is 5.28. The van der Waals surface area contributed by atoms with Crippen molar-refractivity contribution in [3.63, 3.8) is 0 Å².